The first kappa shape index (κ1) is 10.6. The molecule has 1 aromatic rings. The van der Waals surface area contributed by atoms with E-state index in [1.807, 2.05) is 23.9 Å². The second-order valence-corrected chi connectivity index (χ2v) is 5.98. The average Bonchev–Trinajstić information content (AvgIpc) is 2.62. The predicted octanol–water partition coefficient (Wildman–Crippen LogP) is 2.84. The van der Waals surface area contributed by atoms with Crippen molar-refractivity contribution in [3.8, 4) is 0 Å². The van der Waals surface area contributed by atoms with Crippen molar-refractivity contribution in [3.63, 3.8) is 0 Å². The van der Waals surface area contributed by atoms with Crippen molar-refractivity contribution in [2.45, 2.75) is 30.6 Å². The van der Waals surface area contributed by atoms with Crippen molar-refractivity contribution < 1.29 is 9.52 Å². The Morgan fingerprint density at radius 1 is 1.71 bits per heavy atom. The van der Waals surface area contributed by atoms with Crippen LogP contribution in [-0.2, 0) is 6.42 Å². The minimum atomic E-state index is -0.581. The van der Waals surface area contributed by atoms with Crippen molar-refractivity contribution in [1.29, 1.82) is 0 Å². The van der Waals surface area contributed by atoms with E-state index >= 15 is 0 Å². The Hall–Kier alpha value is 0.0700. The molecule has 2 unspecified atom stereocenters. The second-order valence-electron chi connectivity index (χ2n) is 3.75. The molecule has 0 aliphatic carbocycles. The Kier molecular flexibility index (Phi) is 2.96. The number of thioether (sulfide) groups is 1. The molecule has 0 radical (unpaired) electrons. The lowest BCUT2D eigenvalue weighted by molar-refractivity contribution is 0.0412. The minimum Gasteiger partial charge on any atom is -0.454 e. The summed E-state index contributed by atoms with van der Waals surface area (Å²) in [5, 5.41) is 10.6. The van der Waals surface area contributed by atoms with Crippen LogP contribution in [0.15, 0.2) is 21.2 Å². The molecule has 2 nitrogen and oxygen atoms in total. The van der Waals surface area contributed by atoms with Crippen LogP contribution in [0.5, 0.6) is 0 Å². The normalized spacial score (nSPS) is 32.4. The van der Waals surface area contributed by atoms with Gasteiger partial charge in [0.15, 0.2) is 4.67 Å². The number of hydrogen-bond acceptors (Lipinski definition) is 3. The summed E-state index contributed by atoms with van der Waals surface area (Å²) < 4.78 is 6.14. The van der Waals surface area contributed by atoms with Gasteiger partial charge in [0.05, 0.1) is 5.60 Å². The predicted molar refractivity (Wildman–Crippen MR) is 61.6 cm³/mol. The van der Waals surface area contributed by atoms with Gasteiger partial charge < -0.3 is 9.52 Å². The van der Waals surface area contributed by atoms with Crippen LogP contribution in [0.25, 0.3) is 0 Å². The Balaban J connectivity index is 2.10. The molecule has 1 saturated heterocycles. The zero-order valence-electron chi connectivity index (χ0n) is 8.00. The van der Waals surface area contributed by atoms with E-state index in [1.54, 1.807) is 0 Å². The average molecular weight is 277 g/mol. The largest absolute Gasteiger partial charge is 0.454 e. The van der Waals surface area contributed by atoms with Gasteiger partial charge in [-0.15, -0.1) is 0 Å². The zero-order valence-corrected chi connectivity index (χ0v) is 10.4. The van der Waals surface area contributed by atoms with Gasteiger partial charge in [0.2, 0.25) is 0 Å². The summed E-state index contributed by atoms with van der Waals surface area (Å²) in [4.78, 5) is 0. The van der Waals surface area contributed by atoms with Crippen LogP contribution >= 0.6 is 27.7 Å². The highest BCUT2D eigenvalue weighted by Gasteiger charge is 2.39. The van der Waals surface area contributed by atoms with Crippen LogP contribution < -0.4 is 0 Å². The van der Waals surface area contributed by atoms with E-state index in [9.17, 15) is 5.11 Å². The summed E-state index contributed by atoms with van der Waals surface area (Å²) in [5.41, 5.74) is -0.581. The van der Waals surface area contributed by atoms with Gasteiger partial charge in [-0.25, -0.2) is 0 Å². The molecule has 0 saturated carbocycles. The minimum absolute atomic E-state index is 0.298. The van der Waals surface area contributed by atoms with E-state index < -0.39 is 5.60 Å². The molecule has 1 N–H and O–H groups in total. The molecule has 2 rings (SSSR count). The molecule has 1 aromatic heterocycles. The van der Waals surface area contributed by atoms with E-state index in [0.29, 0.717) is 11.7 Å². The van der Waals surface area contributed by atoms with Gasteiger partial charge in [0.1, 0.15) is 5.76 Å². The maximum absolute atomic E-state index is 10.3. The molecule has 4 heteroatoms. The van der Waals surface area contributed by atoms with Crippen molar-refractivity contribution in [3.05, 3.63) is 22.6 Å². The van der Waals surface area contributed by atoms with Crippen LogP contribution in [0.3, 0.4) is 0 Å². The SMILES string of the molecule is CC1SCCC1(O)Cc1ccc(Br)o1. The van der Waals surface area contributed by atoms with Crippen LogP contribution in [0.2, 0.25) is 0 Å². The molecule has 0 bridgehead atoms. The topological polar surface area (TPSA) is 33.4 Å². The first-order valence-electron chi connectivity index (χ1n) is 4.68. The lowest BCUT2D eigenvalue weighted by atomic mass is 9.92. The van der Waals surface area contributed by atoms with Gasteiger partial charge in [-0.2, -0.15) is 11.8 Å². The first-order chi connectivity index (χ1) is 6.60. The fraction of sp³-hybridized carbons (Fsp3) is 0.600. The molecule has 78 valence electrons. The third-order valence-electron chi connectivity index (χ3n) is 2.77. The summed E-state index contributed by atoms with van der Waals surface area (Å²) in [6, 6.07) is 3.78. The van der Waals surface area contributed by atoms with Crippen molar-refractivity contribution in [1.82, 2.24) is 0 Å². The van der Waals surface area contributed by atoms with Crippen molar-refractivity contribution >= 4 is 27.7 Å². The molecule has 0 aromatic carbocycles. The summed E-state index contributed by atoms with van der Waals surface area (Å²) in [6.07, 6.45) is 1.48. The van der Waals surface area contributed by atoms with Crippen LogP contribution in [0.1, 0.15) is 19.1 Å². The molecule has 14 heavy (non-hydrogen) atoms. The highest BCUT2D eigenvalue weighted by atomic mass is 79.9. The lowest BCUT2D eigenvalue weighted by Gasteiger charge is -2.25. The van der Waals surface area contributed by atoms with Gasteiger partial charge in [0.25, 0.3) is 0 Å². The Labute approximate surface area is 96.2 Å². The molecule has 2 atom stereocenters. The molecule has 1 aliphatic rings. The quantitative estimate of drug-likeness (QED) is 0.902. The van der Waals surface area contributed by atoms with Gasteiger partial charge in [0, 0.05) is 11.7 Å². The van der Waals surface area contributed by atoms with Gasteiger partial charge in [-0.3, -0.25) is 0 Å². The Morgan fingerprint density at radius 2 is 2.50 bits per heavy atom. The van der Waals surface area contributed by atoms with Crippen molar-refractivity contribution in [2.75, 3.05) is 5.75 Å². The summed E-state index contributed by atoms with van der Waals surface area (Å²) in [5.74, 6) is 1.90. The Bertz CT molecular complexity index is 326. The second kappa shape index (κ2) is 3.91. The summed E-state index contributed by atoms with van der Waals surface area (Å²) in [6.45, 7) is 2.08. The lowest BCUT2D eigenvalue weighted by Crippen LogP contribution is -2.36. The number of hydrogen-bond donors (Lipinski definition) is 1. The van der Waals surface area contributed by atoms with Gasteiger partial charge >= 0.3 is 0 Å². The first-order valence-corrected chi connectivity index (χ1v) is 6.52. The molecule has 0 amide bonds. The van der Waals surface area contributed by atoms with Crippen LogP contribution in [0, 0.1) is 0 Å². The third-order valence-corrected chi connectivity index (χ3v) is 4.57. The summed E-state index contributed by atoms with van der Waals surface area (Å²) in [7, 11) is 0. The van der Waals surface area contributed by atoms with E-state index in [1.165, 1.54) is 0 Å². The Morgan fingerprint density at radius 3 is 3.00 bits per heavy atom. The smallest absolute Gasteiger partial charge is 0.169 e. The fourth-order valence-corrected chi connectivity index (χ4v) is 3.43. The third kappa shape index (κ3) is 2.02. The van der Waals surface area contributed by atoms with E-state index in [-0.39, 0.29) is 0 Å². The standard InChI is InChI=1S/C10H13BrO2S/c1-7-10(12,4-5-14-7)6-8-2-3-9(11)13-8/h2-3,7,12H,4-6H2,1H3. The monoisotopic (exact) mass is 276 g/mol. The van der Waals surface area contributed by atoms with E-state index in [0.717, 1.165) is 22.6 Å². The highest BCUT2D eigenvalue weighted by Crippen LogP contribution is 2.38. The van der Waals surface area contributed by atoms with Gasteiger partial charge in [-0.05, 0) is 40.2 Å². The maximum Gasteiger partial charge on any atom is 0.169 e. The van der Waals surface area contributed by atoms with Crippen LogP contribution in [0.4, 0.5) is 0 Å². The highest BCUT2D eigenvalue weighted by molar-refractivity contribution is 9.10. The number of rotatable bonds is 2. The molecular weight excluding hydrogens is 264 g/mol. The zero-order chi connectivity index (χ0) is 10.2. The number of aliphatic hydroxyl groups is 1. The molecule has 0 spiro atoms. The fourth-order valence-electron chi connectivity index (χ4n) is 1.75. The van der Waals surface area contributed by atoms with Crippen LogP contribution in [-0.4, -0.2) is 21.7 Å². The molecule has 2 heterocycles. The maximum atomic E-state index is 10.3. The summed E-state index contributed by atoms with van der Waals surface area (Å²) >= 11 is 5.09. The number of furan rings is 1. The molecular formula is C10H13BrO2S. The van der Waals surface area contributed by atoms with E-state index in [2.05, 4.69) is 22.9 Å². The van der Waals surface area contributed by atoms with Gasteiger partial charge in [-0.1, -0.05) is 6.92 Å². The number of halogens is 1. The van der Waals surface area contributed by atoms with Crippen molar-refractivity contribution in [2.24, 2.45) is 0 Å². The van der Waals surface area contributed by atoms with E-state index in [4.69, 9.17) is 4.42 Å². The molecule has 1 aliphatic heterocycles. The molecule has 1 fully saturated rings.